The third-order valence-corrected chi connectivity index (χ3v) is 13.5. The molecular weight excluding hydrogens is 900 g/mol. The average molecular weight is 1010 g/mol. The molecule has 3 unspecified atom stereocenters. The molecule has 0 aliphatic carbocycles. The van der Waals surface area contributed by atoms with Crippen molar-refractivity contribution in [3.05, 3.63) is 97.2 Å². The number of aliphatic hydroxyl groups excluding tert-OH is 1. The molecule has 0 rings (SSSR count). The molecule has 0 fully saturated rings. The van der Waals surface area contributed by atoms with E-state index in [1.54, 1.807) is 6.08 Å². The first-order chi connectivity index (χ1) is 34.5. The fourth-order valence-electron chi connectivity index (χ4n) is 7.99. The minimum atomic E-state index is -4.38. The van der Waals surface area contributed by atoms with E-state index in [-0.39, 0.29) is 25.5 Å². The number of hydrogen-bond donors (Lipinski definition) is 3. The normalized spacial score (nSPS) is 14.6. The number of amides is 1. The predicted octanol–water partition coefficient (Wildman–Crippen LogP) is 17.8. The SMILES string of the molecule is CC/C=C\C/C=C\C/C=C\C/C=C\C/C=C\CCCC(=O)NC(COP(=O)(O)OCC[N+](C)(C)C)C(O)/C=C/CC/C=C/CC/C=C/CCCCCCCCCCCCCCCCCCCCCCCC. The molecular formula is C62H112N2O6P+. The van der Waals surface area contributed by atoms with E-state index in [1.165, 1.54) is 148 Å². The van der Waals surface area contributed by atoms with Crippen LogP contribution in [0.4, 0.5) is 0 Å². The minimum absolute atomic E-state index is 0.0378. The van der Waals surface area contributed by atoms with E-state index in [1.807, 2.05) is 27.2 Å². The molecule has 0 heterocycles. The van der Waals surface area contributed by atoms with Crippen molar-refractivity contribution in [2.75, 3.05) is 40.9 Å². The molecule has 3 N–H and O–H groups in total. The Morgan fingerprint density at radius 3 is 1.30 bits per heavy atom. The molecule has 0 bridgehead atoms. The first-order valence-electron chi connectivity index (χ1n) is 29.1. The van der Waals surface area contributed by atoms with Crippen molar-refractivity contribution in [2.24, 2.45) is 0 Å². The third-order valence-electron chi connectivity index (χ3n) is 12.5. The van der Waals surface area contributed by atoms with Crippen molar-refractivity contribution in [3.63, 3.8) is 0 Å². The topological polar surface area (TPSA) is 105 Å². The first kappa shape index (κ1) is 68.4. The van der Waals surface area contributed by atoms with E-state index in [0.717, 1.165) is 64.2 Å². The Balaban J connectivity index is 4.27. The van der Waals surface area contributed by atoms with Crippen molar-refractivity contribution in [1.82, 2.24) is 5.32 Å². The Bertz CT molecular complexity index is 1470. The highest BCUT2D eigenvalue weighted by molar-refractivity contribution is 7.47. The zero-order chi connectivity index (χ0) is 52.0. The summed E-state index contributed by atoms with van der Waals surface area (Å²) in [5.41, 5.74) is 0. The maximum Gasteiger partial charge on any atom is 0.472 e. The standard InChI is InChI=1S/C62H111N2O6P/c1-6-8-10-12-14-16-18-20-22-24-25-26-27-28-29-30-31-32-33-34-35-36-37-38-40-41-43-45-47-49-51-53-55-61(65)60(59-70-71(67,68)69-58-57-64(3,4)5)63-62(66)56-54-52-50-48-46-44-42-39-23-21-19-17-15-13-11-9-7-2/h9,11,15,17,21,23,38,40,42,44-45,47-48,50,53,55,60-61,65H,6-8,10,12-14,16,18-20,22,24-37,39,41,43,46,49,51-52,54,56-59H2,1-5H3,(H-,63,66,67,68)/p+1/b11-9-,17-15-,23-21-,40-38+,44-42-,47-45+,50-48-,55-53+. The van der Waals surface area contributed by atoms with Crippen LogP contribution in [0.5, 0.6) is 0 Å². The molecule has 0 saturated heterocycles. The lowest BCUT2D eigenvalue weighted by atomic mass is 10.0. The molecule has 0 saturated carbocycles. The van der Waals surface area contributed by atoms with Crippen molar-refractivity contribution in [2.45, 2.75) is 251 Å². The Morgan fingerprint density at radius 1 is 0.493 bits per heavy atom. The Kier molecular flexibility index (Phi) is 50.4. The fourth-order valence-corrected chi connectivity index (χ4v) is 8.73. The molecule has 8 nitrogen and oxygen atoms in total. The number of nitrogens with zero attached hydrogens (tertiary/aromatic N) is 1. The summed E-state index contributed by atoms with van der Waals surface area (Å²) in [6.45, 7) is 4.63. The summed E-state index contributed by atoms with van der Waals surface area (Å²) in [7, 11) is 1.50. The number of unbranched alkanes of at least 4 members (excludes halogenated alkanes) is 25. The molecule has 0 aromatic rings. The summed E-state index contributed by atoms with van der Waals surface area (Å²) < 4.78 is 23.6. The van der Waals surface area contributed by atoms with Crippen molar-refractivity contribution >= 4 is 13.7 Å². The quantitative estimate of drug-likeness (QED) is 0.0243. The largest absolute Gasteiger partial charge is 0.472 e. The molecule has 1 amide bonds. The maximum atomic E-state index is 12.9. The van der Waals surface area contributed by atoms with Gasteiger partial charge in [0.2, 0.25) is 5.91 Å². The molecule has 0 aromatic carbocycles. The fraction of sp³-hybridized carbons (Fsp3) is 0.726. The summed E-state index contributed by atoms with van der Waals surface area (Å²) in [6.07, 6.45) is 75.5. The Hall–Kier alpha value is -2.58. The van der Waals surface area contributed by atoms with E-state index in [4.69, 9.17) is 9.05 Å². The van der Waals surface area contributed by atoms with Crippen LogP contribution in [-0.4, -0.2) is 73.4 Å². The average Bonchev–Trinajstić information content (AvgIpc) is 3.33. The number of hydrogen-bond acceptors (Lipinski definition) is 5. The van der Waals surface area contributed by atoms with Gasteiger partial charge in [-0.2, -0.15) is 0 Å². The second-order valence-corrected chi connectivity index (χ2v) is 22.1. The number of nitrogens with one attached hydrogen (secondary N) is 1. The monoisotopic (exact) mass is 1010 g/mol. The summed E-state index contributed by atoms with van der Waals surface area (Å²) in [5, 5.41) is 13.8. The number of carbonyl (C=O) groups is 1. The molecule has 410 valence electrons. The van der Waals surface area contributed by atoms with Crippen LogP contribution in [0.15, 0.2) is 97.2 Å². The van der Waals surface area contributed by atoms with Crippen LogP contribution in [0.3, 0.4) is 0 Å². The smallest absolute Gasteiger partial charge is 0.387 e. The molecule has 0 aliphatic heterocycles. The van der Waals surface area contributed by atoms with Gasteiger partial charge >= 0.3 is 7.82 Å². The molecule has 0 aromatic heterocycles. The van der Waals surface area contributed by atoms with Gasteiger partial charge in [-0.25, -0.2) is 4.57 Å². The van der Waals surface area contributed by atoms with E-state index in [9.17, 15) is 19.4 Å². The molecule has 0 spiro atoms. The van der Waals surface area contributed by atoms with Gasteiger partial charge in [-0.1, -0.05) is 246 Å². The van der Waals surface area contributed by atoms with Gasteiger partial charge in [-0.15, -0.1) is 0 Å². The molecule has 3 atom stereocenters. The van der Waals surface area contributed by atoms with Gasteiger partial charge in [-0.05, 0) is 83.5 Å². The number of likely N-dealkylation sites (N-methyl/N-ethyl adjacent to an activating group) is 1. The van der Waals surface area contributed by atoms with E-state index >= 15 is 0 Å². The predicted molar refractivity (Wildman–Crippen MR) is 309 cm³/mol. The molecule has 0 radical (unpaired) electrons. The number of phosphoric acid groups is 1. The van der Waals surface area contributed by atoms with Gasteiger partial charge in [0, 0.05) is 6.42 Å². The van der Waals surface area contributed by atoms with E-state index in [2.05, 4.69) is 104 Å². The zero-order valence-electron chi connectivity index (χ0n) is 46.7. The lowest BCUT2D eigenvalue weighted by Gasteiger charge is -2.25. The molecule has 0 aliphatic rings. The number of phosphoric ester groups is 1. The second-order valence-electron chi connectivity index (χ2n) is 20.6. The Morgan fingerprint density at radius 2 is 0.859 bits per heavy atom. The number of aliphatic hydroxyl groups is 1. The number of allylic oxidation sites excluding steroid dienone is 15. The van der Waals surface area contributed by atoms with Gasteiger partial charge in [0.25, 0.3) is 0 Å². The summed E-state index contributed by atoms with van der Waals surface area (Å²) >= 11 is 0. The van der Waals surface area contributed by atoms with Crippen molar-refractivity contribution < 1.29 is 32.9 Å². The highest BCUT2D eigenvalue weighted by Gasteiger charge is 2.27. The number of carbonyl (C=O) groups excluding carboxylic acids is 1. The number of quaternary nitrogens is 1. The van der Waals surface area contributed by atoms with Crippen LogP contribution >= 0.6 is 7.82 Å². The zero-order valence-corrected chi connectivity index (χ0v) is 47.6. The van der Waals surface area contributed by atoms with Crippen molar-refractivity contribution in [3.8, 4) is 0 Å². The van der Waals surface area contributed by atoms with Crippen LogP contribution in [-0.2, 0) is 18.4 Å². The van der Waals surface area contributed by atoms with Crippen LogP contribution in [0.2, 0.25) is 0 Å². The van der Waals surface area contributed by atoms with Gasteiger partial charge in [0.05, 0.1) is 39.9 Å². The molecule has 71 heavy (non-hydrogen) atoms. The summed E-state index contributed by atoms with van der Waals surface area (Å²) in [4.78, 5) is 23.2. The van der Waals surface area contributed by atoms with Crippen molar-refractivity contribution in [1.29, 1.82) is 0 Å². The van der Waals surface area contributed by atoms with Gasteiger partial charge in [0.1, 0.15) is 13.2 Å². The third kappa shape index (κ3) is 55.0. The number of rotatable bonds is 52. The van der Waals surface area contributed by atoms with Crippen LogP contribution in [0, 0.1) is 0 Å². The Labute approximate surface area is 439 Å². The second kappa shape index (κ2) is 52.3. The maximum absolute atomic E-state index is 12.9. The minimum Gasteiger partial charge on any atom is -0.387 e. The highest BCUT2D eigenvalue weighted by atomic mass is 31.2. The molecule has 9 heteroatoms. The van der Waals surface area contributed by atoms with Gasteiger partial charge < -0.3 is 19.8 Å². The van der Waals surface area contributed by atoms with Crippen LogP contribution in [0.1, 0.15) is 239 Å². The lowest BCUT2D eigenvalue weighted by Crippen LogP contribution is -2.45. The van der Waals surface area contributed by atoms with Crippen LogP contribution < -0.4 is 5.32 Å². The first-order valence-corrected chi connectivity index (χ1v) is 30.6. The van der Waals surface area contributed by atoms with E-state index in [0.29, 0.717) is 17.4 Å². The highest BCUT2D eigenvalue weighted by Crippen LogP contribution is 2.43. The van der Waals surface area contributed by atoms with Gasteiger partial charge in [0.15, 0.2) is 0 Å². The lowest BCUT2D eigenvalue weighted by molar-refractivity contribution is -0.870. The van der Waals surface area contributed by atoms with E-state index < -0.39 is 20.0 Å². The van der Waals surface area contributed by atoms with Gasteiger partial charge in [-0.3, -0.25) is 13.8 Å². The summed E-state index contributed by atoms with van der Waals surface area (Å²) in [6, 6.07) is -0.907. The van der Waals surface area contributed by atoms with Crippen LogP contribution in [0.25, 0.3) is 0 Å². The summed E-state index contributed by atoms with van der Waals surface area (Å²) in [5.74, 6) is -0.250.